The Bertz CT molecular complexity index is 732. The van der Waals surface area contributed by atoms with Crippen LogP contribution in [-0.2, 0) is 30.3 Å². The van der Waals surface area contributed by atoms with Crippen LogP contribution in [0.5, 0.6) is 0 Å². The maximum atomic E-state index is 11.6. The van der Waals surface area contributed by atoms with Gasteiger partial charge in [-0.2, -0.15) is 0 Å². The minimum absolute atomic E-state index is 0.0661. The quantitative estimate of drug-likeness (QED) is 0.635. The summed E-state index contributed by atoms with van der Waals surface area (Å²) in [4.78, 5) is 0. The van der Waals surface area contributed by atoms with E-state index in [0.717, 1.165) is 0 Å². The van der Waals surface area contributed by atoms with Crippen molar-refractivity contribution >= 4 is 23.2 Å². The first-order valence-corrected chi connectivity index (χ1v) is 10.3. The normalized spacial score (nSPS) is 28.8. The van der Waals surface area contributed by atoms with E-state index in [2.05, 4.69) is 6.58 Å². The lowest BCUT2D eigenvalue weighted by Gasteiger charge is -2.40. The van der Waals surface area contributed by atoms with Gasteiger partial charge in [0, 0.05) is 15.6 Å². The summed E-state index contributed by atoms with van der Waals surface area (Å²) in [5, 5.41) is 12.6. The molecule has 29 heavy (non-hydrogen) atoms. The SMILES string of the molecule is C=C[C@](O)([C@H](OCc1c(Cl)cccc1Cl)[C@H]1COC(C)(C)O1)[C@H]1COC(C)(C)O1. The second kappa shape index (κ2) is 8.44. The monoisotopic (exact) mass is 446 g/mol. The van der Waals surface area contributed by atoms with Crippen LogP contribution in [0.15, 0.2) is 30.9 Å². The van der Waals surface area contributed by atoms with Crippen molar-refractivity contribution in [1.29, 1.82) is 0 Å². The molecule has 2 aliphatic rings. The highest BCUT2D eigenvalue weighted by atomic mass is 35.5. The zero-order chi connectivity index (χ0) is 21.4. The summed E-state index contributed by atoms with van der Waals surface area (Å²) in [7, 11) is 0. The zero-order valence-corrected chi connectivity index (χ0v) is 18.6. The largest absolute Gasteiger partial charge is 0.380 e. The lowest BCUT2D eigenvalue weighted by Crippen LogP contribution is -2.58. The van der Waals surface area contributed by atoms with Gasteiger partial charge < -0.3 is 28.8 Å². The summed E-state index contributed by atoms with van der Waals surface area (Å²) in [6.45, 7) is 11.5. The Labute approximate surface area is 181 Å². The topological polar surface area (TPSA) is 66.4 Å². The molecule has 0 amide bonds. The van der Waals surface area contributed by atoms with Gasteiger partial charge in [0.05, 0.1) is 19.8 Å². The van der Waals surface area contributed by atoms with Gasteiger partial charge in [0.25, 0.3) is 0 Å². The first kappa shape index (κ1) is 23.0. The molecule has 1 aromatic rings. The molecular weight excluding hydrogens is 419 g/mol. The summed E-state index contributed by atoms with van der Waals surface area (Å²) in [5.41, 5.74) is -0.981. The summed E-state index contributed by atoms with van der Waals surface area (Å²) < 4.78 is 29.5. The molecule has 0 aliphatic carbocycles. The average Bonchev–Trinajstić information content (AvgIpc) is 3.18. The third-order valence-electron chi connectivity index (χ3n) is 5.14. The van der Waals surface area contributed by atoms with Crippen LogP contribution in [0.4, 0.5) is 0 Å². The molecule has 0 saturated carbocycles. The lowest BCUT2D eigenvalue weighted by atomic mass is 9.87. The van der Waals surface area contributed by atoms with Gasteiger partial charge in [-0.25, -0.2) is 0 Å². The Kier molecular flexibility index (Phi) is 6.69. The number of ether oxygens (including phenoxy) is 5. The molecule has 162 valence electrons. The molecule has 3 rings (SSSR count). The number of benzene rings is 1. The molecule has 0 spiro atoms. The summed E-state index contributed by atoms with van der Waals surface area (Å²) in [6.07, 6.45) is -0.720. The molecule has 0 aromatic heterocycles. The van der Waals surface area contributed by atoms with E-state index in [4.69, 9.17) is 46.9 Å². The molecule has 0 bridgehead atoms. The van der Waals surface area contributed by atoms with Crippen LogP contribution < -0.4 is 0 Å². The molecule has 0 unspecified atom stereocenters. The Balaban J connectivity index is 1.89. The highest BCUT2D eigenvalue weighted by Gasteiger charge is 2.54. The molecule has 2 aliphatic heterocycles. The van der Waals surface area contributed by atoms with Crippen LogP contribution in [0.3, 0.4) is 0 Å². The third-order valence-corrected chi connectivity index (χ3v) is 5.85. The first-order valence-electron chi connectivity index (χ1n) is 9.51. The van der Waals surface area contributed by atoms with Crippen molar-refractivity contribution in [2.24, 2.45) is 0 Å². The van der Waals surface area contributed by atoms with Crippen LogP contribution in [0.25, 0.3) is 0 Å². The second-order valence-electron chi connectivity index (χ2n) is 8.21. The Hall–Kier alpha value is -0.700. The smallest absolute Gasteiger partial charge is 0.163 e. The highest BCUT2D eigenvalue weighted by molar-refractivity contribution is 6.35. The Morgan fingerprint density at radius 1 is 1.17 bits per heavy atom. The number of hydrogen-bond donors (Lipinski definition) is 1. The fourth-order valence-electron chi connectivity index (χ4n) is 3.59. The number of aliphatic hydroxyl groups is 1. The molecule has 4 atom stereocenters. The molecule has 2 saturated heterocycles. The van der Waals surface area contributed by atoms with E-state index in [9.17, 15) is 5.11 Å². The van der Waals surface area contributed by atoms with Gasteiger partial charge in [0.15, 0.2) is 11.6 Å². The first-order chi connectivity index (χ1) is 13.5. The molecule has 1 aromatic carbocycles. The van der Waals surface area contributed by atoms with Crippen LogP contribution >= 0.6 is 23.2 Å². The van der Waals surface area contributed by atoms with Crippen molar-refractivity contribution in [2.75, 3.05) is 13.2 Å². The Morgan fingerprint density at radius 3 is 2.24 bits per heavy atom. The second-order valence-corrected chi connectivity index (χ2v) is 9.02. The summed E-state index contributed by atoms with van der Waals surface area (Å²) in [6, 6.07) is 5.22. The predicted molar refractivity (Wildman–Crippen MR) is 110 cm³/mol. The zero-order valence-electron chi connectivity index (χ0n) is 17.1. The molecule has 2 heterocycles. The van der Waals surface area contributed by atoms with Crippen molar-refractivity contribution in [3.63, 3.8) is 0 Å². The van der Waals surface area contributed by atoms with Gasteiger partial charge >= 0.3 is 0 Å². The minimum atomic E-state index is -1.60. The van der Waals surface area contributed by atoms with Gasteiger partial charge in [0.1, 0.15) is 23.9 Å². The molecule has 0 radical (unpaired) electrons. The van der Waals surface area contributed by atoms with Gasteiger partial charge in [-0.05, 0) is 39.8 Å². The number of hydrogen-bond acceptors (Lipinski definition) is 6. The number of halogens is 2. The van der Waals surface area contributed by atoms with Gasteiger partial charge in [-0.3, -0.25) is 0 Å². The maximum Gasteiger partial charge on any atom is 0.163 e. The van der Waals surface area contributed by atoms with E-state index in [1.54, 1.807) is 45.9 Å². The molecule has 8 heteroatoms. The fraction of sp³-hybridized carbons (Fsp3) is 0.619. The van der Waals surface area contributed by atoms with Crippen molar-refractivity contribution in [3.8, 4) is 0 Å². The van der Waals surface area contributed by atoms with E-state index in [1.807, 2.05) is 0 Å². The molecular formula is C21H28Cl2O6. The van der Waals surface area contributed by atoms with Gasteiger partial charge in [-0.1, -0.05) is 35.3 Å². The van der Waals surface area contributed by atoms with E-state index < -0.39 is 35.5 Å². The lowest BCUT2D eigenvalue weighted by molar-refractivity contribution is -0.218. The maximum absolute atomic E-state index is 11.6. The van der Waals surface area contributed by atoms with E-state index >= 15 is 0 Å². The van der Waals surface area contributed by atoms with Crippen molar-refractivity contribution in [1.82, 2.24) is 0 Å². The van der Waals surface area contributed by atoms with Crippen molar-refractivity contribution in [2.45, 2.75) is 69.8 Å². The van der Waals surface area contributed by atoms with Gasteiger partial charge in [0.2, 0.25) is 0 Å². The van der Waals surface area contributed by atoms with E-state index in [1.165, 1.54) is 6.08 Å². The summed E-state index contributed by atoms with van der Waals surface area (Å²) >= 11 is 12.6. The molecule has 6 nitrogen and oxygen atoms in total. The van der Waals surface area contributed by atoms with E-state index in [-0.39, 0.29) is 19.8 Å². The predicted octanol–water partition coefficient (Wildman–Crippen LogP) is 4.10. The van der Waals surface area contributed by atoms with Crippen molar-refractivity contribution in [3.05, 3.63) is 46.5 Å². The standard InChI is InChI=1S/C21H28Cl2O6/c1-6-21(24,17-12-27-20(4,5)29-17)18(16-11-26-19(2,3)28-16)25-10-13-14(22)8-7-9-15(13)23/h6-9,16-18,24H,1,10-12H2,2-5H3/t16-,17-,18-,21-/m1/s1. The minimum Gasteiger partial charge on any atom is -0.380 e. The number of rotatable bonds is 7. The van der Waals surface area contributed by atoms with Crippen LogP contribution in [0.1, 0.15) is 33.3 Å². The van der Waals surface area contributed by atoms with Gasteiger partial charge in [-0.15, -0.1) is 6.58 Å². The molecule has 2 fully saturated rings. The van der Waals surface area contributed by atoms with Crippen LogP contribution in [0, 0.1) is 0 Å². The highest BCUT2D eigenvalue weighted by Crippen LogP contribution is 2.38. The van der Waals surface area contributed by atoms with Crippen molar-refractivity contribution < 1.29 is 28.8 Å². The fourth-order valence-corrected chi connectivity index (χ4v) is 4.10. The third kappa shape index (κ3) is 4.97. The Morgan fingerprint density at radius 2 is 1.76 bits per heavy atom. The van der Waals surface area contributed by atoms with Crippen LogP contribution in [-0.4, -0.2) is 53.8 Å². The summed E-state index contributed by atoms with van der Waals surface area (Å²) in [5.74, 6) is -1.63. The van der Waals surface area contributed by atoms with E-state index in [0.29, 0.717) is 15.6 Å². The average molecular weight is 447 g/mol. The molecule has 1 N–H and O–H groups in total. The van der Waals surface area contributed by atoms with Crippen LogP contribution in [0.2, 0.25) is 10.0 Å².